The van der Waals surface area contributed by atoms with Gasteiger partial charge in [-0.25, -0.2) is 17.1 Å². The van der Waals surface area contributed by atoms with Crippen LogP contribution in [0.3, 0.4) is 0 Å². The third-order valence-corrected chi connectivity index (χ3v) is 5.90. The molecule has 1 aromatic rings. The van der Waals surface area contributed by atoms with Crippen molar-refractivity contribution in [2.45, 2.75) is 19.8 Å². The van der Waals surface area contributed by atoms with Gasteiger partial charge in [-0.3, -0.25) is 4.79 Å². The molecule has 0 N–H and O–H groups in total. The van der Waals surface area contributed by atoms with Crippen LogP contribution < -0.4 is 4.74 Å². The number of carbonyl (C=O) groups is 1. The van der Waals surface area contributed by atoms with Crippen molar-refractivity contribution in [3.63, 3.8) is 0 Å². The summed E-state index contributed by atoms with van der Waals surface area (Å²) in [4.78, 5) is 13.8. The molecule has 0 saturated carbocycles. The highest BCUT2D eigenvalue weighted by molar-refractivity contribution is 7.89. The van der Waals surface area contributed by atoms with Gasteiger partial charge in [0.05, 0.1) is 5.75 Å². The van der Waals surface area contributed by atoms with Crippen LogP contribution >= 0.6 is 0 Å². The van der Waals surface area contributed by atoms with Crippen molar-refractivity contribution in [3.05, 3.63) is 30.1 Å². The Morgan fingerprint density at radius 2 is 2.04 bits per heavy atom. The minimum absolute atomic E-state index is 0.129. The maximum absolute atomic E-state index is 13.1. The Morgan fingerprint density at radius 1 is 1.25 bits per heavy atom. The van der Waals surface area contributed by atoms with E-state index in [1.807, 2.05) is 6.92 Å². The first-order valence-electron chi connectivity index (χ1n) is 8.06. The predicted molar refractivity (Wildman–Crippen MR) is 88.7 cm³/mol. The molecule has 1 amide bonds. The summed E-state index contributed by atoms with van der Waals surface area (Å²) >= 11 is 0. The summed E-state index contributed by atoms with van der Waals surface area (Å²) in [7, 11) is -3.24. The molecule has 1 fully saturated rings. The molecule has 6 nitrogen and oxygen atoms in total. The quantitative estimate of drug-likeness (QED) is 0.773. The average Bonchev–Trinajstić information content (AvgIpc) is 2.79. The molecule has 2 rings (SSSR count). The number of halogens is 1. The number of benzene rings is 1. The molecule has 1 aliphatic rings. The molecular weight excluding hydrogens is 335 g/mol. The van der Waals surface area contributed by atoms with Gasteiger partial charge in [-0.2, -0.15) is 0 Å². The number of ether oxygens (including phenoxy) is 1. The molecule has 1 saturated heterocycles. The topological polar surface area (TPSA) is 66.9 Å². The summed E-state index contributed by atoms with van der Waals surface area (Å²) in [6.45, 7) is 3.20. The summed E-state index contributed by atoms with van der Waals surface area (Å²) in [5, 5.41) is 0. The molecule has 0 bridgehead atoms. The van der Waals surface area contributed by atoms with Crippen molar-refractivity contribution >= 4 is 15.9 Å². The van der Waals surface area contributed by atoms with Crippen LogP contribution in [0.2, 0.25) is 0 Å². The third kappa shape index (κ3) is 5.17. The van der Waals surface area contributed by atoms with Gasteiger partial charge in [0.1, 0.15) is 11.6 Å². The zero-order chi connectivity index (χ0) is 17.6. The lowest BCUT2D eigenvalue weighted by molar-refractivity contribution is -0.133. The lowest BCUT2D eigenvalue weighted by atomic mass is 10.3. The van der Waals surface area contributed by atoms with Crippen LogP contribution in [0, 0.1) is 5.82 Å². The van der Waals surface area contributed by atoms with Gasteiger partial charge in [0.15, 0.2) is 6.61 Å². The van der Waals surface area contributed by atoms with Crippen molar-refractivity contribution in [2.24, 2.45) is 0 Å². The molecule has 1 aliphatic heterocycles. The van der Waals surface area contributed by atoms with Gasteiger partial charge in [0.2, 0.25) is 10.0 Å². The summed E-state index contributed by atoms with van der Waals surface area (Å²) in [5.41, 5.74) is 0. The minimum atomic E-state index is -3.24. The normalized spacial score (nSPS) is 16.7. The molecule has 8 heteroatoms. The number of sulfonamides is 1. The van der Waals surface area contributed by atoms with Gasteiger partial charge in [-0.05, 0) is 25.0 Å². The van der Waals surface area contributed by atoms with Gasteiger partial charge in [0.25, 0.3) is 5.91 Å². The molecule has 0 radical (unpaired) electrons. The second-order valence-corrected chi connectivity index (χ2v) is 7.78. The molecule has 24 heavy (non-hydrogen) atoms. The first-order chi connectivity index (χ1) is 11.4. The van der Waals surface area contributed by atoms with E-state index in [0.717, 1.165) is 0 Å². The highest BCUT2D eigenvalue weighted by Crippen LogP contribution is 2.13. The first-order valence-corrected chi connectivity index (χ1v) is 9.67. The molecule has 0 unspecified atom stereocenters. The largest absolute Gasteiger partial charge is 0.484 e. The molecule has 1 aromatic carbocycles. The Morgan fingerprint density at radius 3 is 2.75 bits per heavy atom. The van der Waals surface area contributed by atoms with E-state index >= 15 is 0 Å². The standard InChI is InChI=1S/C16H23FN2O4S/c1-2-11-24(21,22)19-8-4-7-18(9-10-19)16(20)13-23-15-6-3-5-14(17)12-15/h3,5-6,12H,2,4,7-11,13H2,1H3. The predicted octanol–water partition coefficient (Wildman–Crippen LogP) is 1.48. The summed E-state index contributed by atoms with van der Waals surface area (Å²) in [6.07, 6.45) is 1.16. The number of rotatable bonds is 6. The number of amides is 1. The number of hydrogen-bond acceptors (Lipinski definition) is 4. The first kappa shape index (κ1) is 18.7. The van der Waals surface area contributed by atoms with Crippen molar-refractivity contribution in [1.82, 2.24) is 9.21 Å². The SMILES string of the molecule is CCCS(=O)(=O)N1CCCN(C(=O)COc2cccc(F)c2)CC1. The van der Waals surface area contributed by atoms with Crippen LogP contribution in [0.4, 0.5) is 4.39 Å². The van der Waals surface area contributed by atoms with E-state index in [2.05, 4.69) is 0 Å². The molecule has 0 aromatic heterocycles. The smallest absolute Gasteiger partial charge is 0.260 e. The van der Waals surface area contributed by atoms with Gasteiger partial charge in [-0.15, -0.1) is 0 Å². The van der Waals surface area contributed by atoms with E-state index in [0.29, 0.717) is 44.8 Å². The van der Waals surface area contributed by atoms with E-state index < -0.39 is 15.8 Å². The molecule has 0 spiro atoms. The zero-order valence-corrected chi connectivity index (χ0v) is 14.6. The Labute approximate surface area is 142 Å². The fourth-order valence-corrected chi connectivity index (χ4v) is 4.14. The van der Waals surface area contributed by atoms with E-state index in [9.17, 15) is 17.6 Å². The Bertz CT molecular complexity index is 666. The molecule has 0 atom stereocenters. The Kier molecular flexibility index (Phi) is 6.56. The van der Waals surface area contributed by atoms with Crippen molar-refractivity contribution in [1.29, 1.82) is 0 Å². The van der Waals surface area contributed by atoms with Crippen molar-refractivity contribution < 1.29 is 22.3 Å². The van der Waals surface area contributed by atoms with Gasteiger partial charge < -0.3 is 9.64 Å². The lowest BCUT2D eigenvalue weighted by Crippen LogP contribution is -2.39. The second-order valence-electron chi connectivity index (χ2n) is 5.70. The highest BCUT2D eigenvalue weighted by atomic mass is 32.2. The van der Waals surface area contributed by atoms with Crippen LogP contribution in [-0.4, -0.2) is 62.1 Å². The van der Waals surface area contributed by atoms with Crippen LogP contribution in [0.25, 0.3) is 0 Å². The Hall–Kier alpha value is -1.67. The van der Waals surface area contributed by atoms with Crippen molar-refractivity contribution in [3.8, 4) is 5.75 Å². The monoisotopic (exact) mass is 358 g/mol. The lowest BCUT2D eigenvalue weighted by Gasteiger charge is -2.22. The average molecular weight is 358 g/mol. The fraction of sp³-hybridized carbons (Fsp3) is 0.562. The summed E-state index contributed by atoms with van der Waals surface area (Å²) < 4.78 is 44.1. The van der Waals surface area contributed by atoms with Crippen molar-refractivity contribution in [2.75, 3.05) is 38.5 Å². The number of hydrogen-bond donors (Lipinski definition) is 0. The molecule has 1 heterocycles. The molecule has 0 aliphatic carbocycles. The van der Waals surface area contributed by atoms with Crippen LogP contribution in [-0.2, 0) is 14.8 Å². The molecule has 134 valence electrons. The molecular formula is C16H23FN2O4S. The van der Waals surface area contributed by atoms with Crippen LogP contribution in [0.1, 0.15) is 19.8 Å². The minimum Gasteiger partial charge on any atom is -0.484 e. The second kappa shape index (κ2) is 8.43. The van der Waals surface area contributed by atoms with E-state index in [1.165, 1.54) is 22.5 Å². The fourth-order valence-electron chi connectivity index (χ4n) is 2.60. The van der Waals surface area contributed by atoms with Gasteiger partial charge in [0, 0.05) is 32.2 Å². The van der Waals surface area contributed by atoms with Gasteiger partial charge >= 0.3 is 0 Å². The van der Waals surface area contributed by atoms with Crippen LogP contribution in [0.5, 0.6) is 5.75 Å². The van der Waals surface area contributed by atoms with Crippen LogP contribution in [0.15, 0.2) is 24.3 Å². The van der Waals surface area contributed by atoms with Gasteiger partial charge in [-0.1, -0.05) is 13.0 Å². The third-order valence-electron chi connectivity index (χ3n) is 3.82. The zero-order valence-electron chi connectivity index (χ0n) is 13.8. The highest BCUT2D eigenvalue weighted by Gasteiger charge is 2.26. The number of carbonyl (C=O) groups excluding carboxylic acids is 1. The summed E-state index contributed by atoms with van der Waals surface area (Å²) in [5.74, 6) is -0.227. The van der Waals surface area contributed by atoms with E-state index in [-0.39, 0.29) is 18.3 Å². The summed E-state index contributed by atoms with van der Waals surface area (Å²) in [6, 6.07) is 5.61. The Balaban J connectivity index is 1.88. The van der Waals surface area contributed by atoms with E-state index in [4.69, 9.17) is 4.74 Å². The maximum Gasteiger partial charge on any atom is 0.260 e. The maximum atomic E-state index is 13.1. The number of nitrogens with zero attached hydrogens (tertiary/aromatic N) is 2. The van der Waals surface area contributed by atoms with E-state index in [1.54, 1.807) is 11.0 Å².